The zero-order valence-electron chi connectivity index (χ0n) is 15.1. The molecule has 6 nitrogen and oxygen atoms in total. The summed E-state index contributed by atoms with van der Waals surface area (Å²) in [5.74, 6) is -0.129. The number of amides is 1. The van der Waals surface area contributed by atoms with E-state index in [1.807, 2.05) is 11.9 Å². The molecule has 26 heavy (non-hydrogen) atoms. The van der Waals surface area contributed by atoms with Crippen molar-refractivity contribution >= 4 is 28.3 Å². The predicted molar refractivity (Wildman–Crippen MR) is 104 cm³/mol. The minimum Gasteiger partial charge on any atom is -0.341 e. The van der Waals surface area contributed by atoms with Crippen LogP contribution in [-0.2, 0) is 14.8 Å². The molecular formula is C18H28ClN3O3S. The van der Waals surface area contributed by atoms with Crippen LogP contribution in [0.3, 0.4) is 0 Å². The molecule has 1 amide bonds. The molecule has 2 saturated heterocycles. The molecule has 2 aliphatic rings. The Morgan fingerprint density at radius 1 is 1.08 bits per heavy atom. The second kappa shape index (κ2) is 9.17. The highest BCUT2D eigenvalue weighted by Crippen LogP contribution is 2.26. The van der Waals surface area contributed by atoms with E-state index in [4.69, 9.17) is 0 Å². The van der Waals surface area contributed by atoms with Crippen LogP contribution in [0.5, 0.6) is 0 Å². The maximum absolute atomic E-state index is 12.9. The van der Waals surface area contributed by atoms with Gasteiger partial charge in [-0.15, -0.1) is 12.4 Å². The number of hydrogen-bond acceptors (Lipinski definition) is 4. The number of nitrogens with one attached hydrogen (secondary N) is 1. The molecule has 8 heteroatoms. The van der Waals surface area contributed by atoms with E-state index in [9.17, 15) is 13.2 Å². The lowest BCUT2D eigenvalue weighted by Crippen LogP contribution is -2.52. The number of likely N-dealkylation sites (N-methyl/N-ethyl adjacent to an activating group) is 1. The van der Waals surface area contributed by atoms with Crippen molar-refractivity contribution in [2.75, 3.05) is 33.2 Å². The van der Waals surface area contributed by atoms with Gasteiger partial charge in [0.25, 0.3) is 0 Å². The monoisotopic (exact) mass is 401 g/mol. The lowest BCUT2D eigenvalue weighted by molar-refractivity contribution is -0.138. The van der Waals surface area contributed by atoms with Gasteiger partial charge in [-0.1, -0.05) is 18.2 Å². The van der Waals surface area contributed by atoms with Gasteiger partial charge in [-0.3, -0.25) is 4.79 Å². The number of rotatable bonds is 4. The molecule has 1 aromatic carbocycles. The summed E-state index contributed by atoms with van der Waals surface area (Å²) < 4.78 is 27.1. The van der Waals surface area contributed by atoms with Crippen molar-refractivity contribution < 1.29 is 13.2 Å². The third-order valence-corrected chi connectivity index (χ3v) is 7.14. The number of benzene rings is 1. The van der Waals surface area contributed by atoms with Crippen molar-refractivity contribution in [1.29, 1.82) is 0 Å². The molecule has 2 aliphatic heterocycles. The number of piperidine rings is 2. The Morgan fingerprint density at radius 3 is 2.46 bits per heavy atom. The van der Waals surface area contributed by atoms with Gasteiger partial charge in [0.15, 0.2) is 0 Å². The Balaban J connectivity index is 0.00000243. The van der Waals surface area contributed by atoms with Gasteiger partial charge >= 0.3 is 0 Å². The summed E-state index contributed by atoms with van der Waals surface area (Å²) in [7, 11) is -1.60. The molecule has 0 saturated carbocycles. The van der Waals surface area contributed by atoms with Crippen LogP contribution in [0.15, 0.2) is 35.2 Å². The minimum atomic E-state index is -3.52. The highest BCUT2D eigenvalue weighted by Gasteiger charge is 2.36. The zero-order chi connectivity index (χ0) is 17.9. The van der Waals surface area contributed by atoms with E-state index in [2.05, 4.69) is 5.32 Å². The number of carbonyl (C=O) groups is 1. The van der Waals surface area contributed by atoms with E-state index in [1.54, 1.807) is 30.3 Å². The molecule has 2 atom stereocenters. The molecular weight excluding hydrogens is 374 g/mol. The summed E-state index contributed by atoms with van der Waals surface area (Å²) in [6, 6.07) is 8.82. The van der Waals surface area contributed by atoms with Crippen LogP contribution in [-0.4, -0.2) is 62.8 Å². The third kappa shape index (κ3) is 4.57. The van der Waals surface area contributed by atoms with Crippen molar-refractivity contribution in [3.63, 3.8) is 0 Å². The number of nitrogens with zero attached hydrogens (tertiary/aromatic N) is 2. The van der Waals surface area contributed by atoms with Crippen molar-refractivity contribution in [1.82, 2.24) is 14.5 Å². The minimum absolute atomic E-state index is 0. The van der Waals surface area contributed by atoms with Gasteiger partial charge in [0, 0.05) is 32.2 Å². The Hall–Kier alpha value is -1.15. The molecule has 2 heterocycles. The van der Waals surface area contributed by atoms with Crippen LogP contribution < -0.4 is 5.32 Å². The quantitative estimate of drug-likeness (QED) is 0.834. The van der Waals surface area contributed by atoms with E-state index in [-0.39, 0.29) is 30.8 Å². The molecule has 1 aromatic rings. The average molecular weight is 402 g/mol. The van der Waals surface area contributed by atoms with Gasteiger partial charge in [-0.2, -0.15) is 4.31 Å². The smallest absolute Gasteiger partial charge is 0.243 e. The SMILES string of the molecule is CNC1CCCN(C(=O)C2CCCN(S(=O)(=O)c3ccccc3)C2)C1.Cl. The first-order chi connectivity index (χ1) is 12.0. The van der Waals surface area contributed by atoms with Gasteiger partial charge in [-0.05, 0) is 44.9 Å². The van der Waals surface area contributed by atoms with Crippen LogP contribution in [0.4, 0.5) is 0 Å². The van der Waals surface area contributed by atoms with Crippen LogP contribution in [0.2, 0.25) is 0 Å². The van der Waals surface area contributed by atoms with Crippen LogP contribution in [0, 0.1) is 5.92 Å². The van der Waals surface area contributed by atoms with E-state index >= 15 is 0 Å². The first-order valence-electron chi connectivity index (χ1n) is 9.03. The molecule has 2 unspecified atom stereocenters. The molecule has 2 fully saturated rings. The standard InChI is InChI=1S/C18H27N3O3S.ClH/c1-19-16-8-6-11-20(14-16)18(22)15-7-5-12-21(13-15)25(23,24)17-9-3-2-4-10-17;/h2-4,9-10,15-16,19H,5-8,11-14H2,1H3;1H. The predicted octanol–water partition coefficient (Wildman–Crippen LogP) is 1.72. The molecule has 0 bridgehead atoms. The molecule has 0 aliphatic carbocycles. The normalized spacial score (nSPS) is 24.7. The van der Waals surface area contributed by atoms with Crippen molar-refractivity contribution in [3.8, 4) is 0 Å². The fourth-order valence-electron chi connectivity index (χ4n) is 3.77. The van der Waals surface area contributed by atoms with Gasteiger partial charge in [0.1, 0.15) is 0 Å². The summed E-state index contributed by atoms with van der Waals surface area (Å²) in [4.78, 5) is 15.1. The molecule has 0 aromatic heterocycles. The number of halogens is 1. The lowest BCUT2D eigenvalue weighted by Gasteiger charge is -2.37. The highest BCUT2D eigenvalue weighted by atomic mass is 35.5. The van der Waals surface area contributed by atoms with Gasteiger partial charge in [0.2, 0.25) is 15.9 Å². The summed E-state index contributed by atoms with van der Waals surface area (Å²) in [6.45, 7) is 2.27. The molecule has 3 rings (SSSR count). The highest BCUT2D eigenvalue weighted by molar-refractivity contribution is 7.89. The average Bonchev–Trinajstić information content (AvgIpc) is 2.68. The molecule has 1 N–H and O–H groups in total. The fourth-order valence-corrected chi connectivity index (χ4v) is 5.32. The van der Waals surface area contributed by atoms with Crippen LogP contribution in [0.1, 0.15) is 25.7 Å². The number of sulfonamides is 1. The maximum atomic E-state index is 12.9. The largest absolute Gasteiger partial charge is 0.341 e. The zero-order valence-corrected chi connectivity index (χ0v) is 16.8. The van der Waals surface area contributed by atoms with Crippen LogP contribution in [0.25, 0.3) is 0 Å². The summed E-state index contributed by atoms with van der Waals surface area (Å²) in [5.41, 5.74) is 0. The van der Waals surface area contributed by atoms with Crippen molar-refractivity contribution in [2.24, 2.45) is 5.92 Å². The second-order valence-corrected chi connectivity index (χ2v) is 8.87. The number of carbonyl (C=O) groups excluding carboxylic acids is 1. The van der Waals surface area contributed by atoms with Crippen molar-refractivity contribution in [3.05, 3.63) is 30.3 Å². The first-order valence-corrected chi connectivity index (χ1v) is 10.5. The Morgan fingerprint density at radius 2 is 1.77 bits per heavy atom. The van der Waals surface area contributed by atoms with E-state index in [0.29, 0.717) is 17.5 Å². The van der Waals surface area contributed by atoms with E-state index in [1.165, 1.54) is 4.31 Å². The topological polar surface area (TPSA) is 69.7 Å². The first kappa shape index (κ1) is 21.2. The fraction of sp³-hybridized carbons (Fsp3) is 0.611. The molecule has 146 valence electrons. The lowest BCUT2D eigenvalue weighted by atomic mass is 9.96. The van der Waals surface area contributed by atoms with Crippen molar-refractivity contribution in [2.45, 2.75) is 36.6 Å². The van der Waals surface area contributed by atoms with Gasteiger partial charge < -0.3 is 10.2 Å². The van der Waals surface area contributed by atoms with Gasteiger partial charge in [0.05, 0.1) is 10.8 Å². The molecule has 0 spiro atoms. The Kier molecular flexibility index (Phi) is 7.46. The maximum Gasteiger partial charge on any atom is 0.243 e. The van der Waals surface area contributed by atoms with E-state index < -0.39 is 10.0 Å². The Labute approximate surface area is 162 Å². The summed E-state index contributed by atoms with van der Waals surface area (Å²) in [6.07, 6.45) is 3.57. The second-order valence-electron chi connectivity index (χ2n) is 6.93. The third-order valence-electron chi connectivity index (χ3n) is 5.26. The summed E-state index contributed by atoms with van der Waals surface area (Å²) >= 11 is 0. The number of likely N-dealkylation sites (tertiary alicyclic amines) is 1. The van der Waals surface area contributed by atoms with Crippen LogP contribution >= 0.6 is 12.4 Å². The Bertz CT molecular complexity index is 699. The molecule has 0 radical (unpaired) electrons. The van der Waals surface area contributed by atoms with E-state index in [0.717, 1.165) is 38.8 Å². The summed E-state index contributed by atoms with van der Waals surface area (Å²) in [5, 5.41) is 3.25. The number of hydrogen-bond donors (Lipinski definition) is 1. The van der Waals surface area contributed by atoms with Gasteiger partial charge in [-0.25, -0.2) is 8.42 Å².